The summed E-state index contributed by atoms with van der Waals surface area (Å²) in [4.78, 5) is 23.3. The number of carbonyl (C=O) groups is 1. The quantitative estimate of drug-likeness (QED) is 0.189. The first-order valence-electron chi connectivity index (χ1n) is 14.6. The number of methoxy groups -OCH3 is 1. The molecule has 1 aliphatic rings. The predicted molar refractivity (Wildman–Crippen MR) is 171 cm³/mol. The zero-order valence-electron chi connectivity index (χ0n) is 24.4. The van der Waals surface area contributed by atoms with Crippen molar-refractivity contribution in [3.63, 3.8) is 0 Å². The van der Waals surface area contributed by atoms with Gasteiger partial charge in [0.2, 0.25) is 0 Å². The van der Waals surface area contributed by atoms with Crippen molar-refractivity contribution < 1.29 is 22.7 Å². The van der Waals surface area contributed by atoms with E-state index in [1.807, 2.05) is 30.3 Å². The van der Waals surface area contributed by atoms with E-state index < -0.39 is 11.7 Å². The van der Waals surface area contributed by atoms with E-state index in [1.54, 1.807) is 23.3 Å². The van der Waals surface area contributed by atoms with Gasteiger partial charge in [0.25, 0.3) is 5.91 Å². The molecule has 45 heavy (non-hydrogen) atoms. The molecule has 1 aliphatic heterocycles. The van der Waals surface area contributed by atoms with Gasteiger partial charge in [-0.1, -0.05) is 18.2 Å². The zero-order chi connectivity index (χ0) is 31.1. The first-order valence-corrected chi connectivity index (χ1v) is 15.4. The molecule has 7 rings (SSSR count). The number of imidazole rings is 1. The van der Waals surface area contributed by atoms with Crippen LogP contribution >= 0.6 is 11.3 Å². The molecular formula is C35H29F3N4O2S. The highest BCUT2D eigenvalue weighted by Gasteiger charge is 2.31. The van der Waals surface area contributed by atoms with Crippen LogP contribution in [0.2, 0.25) is 0 Å². The van der Waals surface area contributed by atoms with E-state index >= 15 is 0 Å². The fraction of sp³-hybridized carbons (Fsp3) is 0.200. The van der Waals surface area contributed by atoms with Crippen LogP contribution in [0.15, 0.2) is 97.2 Å². The van der Waals surface area contributed by atoms with Crippen molar-refractivity contribution in [3.05, 3.63) is 114 Å². The second-order valence-corrected chi connectivity index (χ2v) is 12.2. The summed E-state index contributed by atoms with van der Waals surface area (Å²) in [5.74, 6) is 0.509. The number of alkyl halides is 3. The van der Waals surface area contributed by atoms with Crippen LogP contribution in [0.3, 0.4) is 0 Å². The predicted octanol–water partition coefficient (Wildman–Crippen LogP) is 7.87. The minimum Gasteiger partial charge on any atom is -0.497 e. The van der Waals surface area contributed by atoms with Gasteiger partial charge in [0.1, 0.15) is 11.4 Å². The molecule has 6 aromatic rings. The maximum Gasteiger partial charge on any atom is 0.416 e. The van der Waals surface area contributed by atoms with Gasteiger partial charge in [-0.25, -0.2) is 4.98 Å². The standard InChI is InChI=1S/C35H29F3N4O2S/c1-44-28-13-8-23(9-14-28)33-29(42-21-26(10-15-32(42)39-33)31-20-25-4-2-3-5-30(25)45-31)22-40-16-18-41(19-17-40)34(43)24-6-11-27(12-7-24)35(36,37)38/h2-15,20-21H,16-19,22H2,1H3. The van der Waals surface area contributed by atoms with Crippen molar-refractivity contribution in [1.29, 1.82) is 0 Å². The molecular weight excluding hydrogens is 597 g/mol. The Kier molecular flexibility index (Phi) is 7.55. The van der Waals surface area contributed by atoms with Crippen molar-refractivity contribution in [2.75, 3.05) is 33.3 Å². The SMILES string of the molecule is COc1ccc(-c2nc3ccc(-c4cc5ccccc5s4)cn3c2CN2CCN(C(=O)c3ccc(C(F)(F)F)cc3)CC2)cc1. The number of halogens is 3. The van der Waals surface area contributed by atoms with Crippen LogP contribution in [0.1, 0.15) is 21.6 Å². The van der Waals surface area contributed by atoms with Crippen LogP contribution in [0.25, 0.3) is 37.4 Å². The van der Waals surface area contributed by atoms with Gasteiger partial charge in [-0.15, -0.1) is 11.3 Å². The molecule has 0 unspecified atom stereocenters. The van der Waals surface area contributed by atoms with Gasteiger partial charge < -0.3 is 14.0 Å². The van der Waals surface area contributed by atoms with E-state index in [1.165, 1.54) is 27.1 Å². The number of pyridine rings is 1. The maximum atomic E-state index is 13.1. The third-order valence-corrected chi connectivity index (χ3v) is 9.45. The fourth-order valence-corrected chi connectivity index (χ4v) is 6.85. The molecule has 1 fully saturated rings. The summed E-state index contributed by atoms with van der Waals surface area (Å²) in [5.41, 5.74) is 4.35. The average Bonchev–Trinajstić information content (AvgIpc) is 3.66. The number of amides is 1. The van der Waals surface area contributed by atoms with Crippen molar-refractivity contribution in [2.45, 2.75) is 12.7 Å². The lowest BCUT2D eigenvalue weighted by Gasteiger charge is -2.34. The number of carbonyl (C=O) groups excluding carboxylic acids is 1. The molecule has 3 aromatic heterocycles. The second kappa shape index (κ2) is 11.7. The Balaban J connectivity index is 1.16. The lowest BCUT2D eigenvalue weighted by Crippen LogP contribution is -2.48. The van der Waals surface area contributed by atoms with E-state index in [9.17, 15) is 18.0 Å². The molecule has 0 N–H and O–H groups in total. The molecule has 0 aliphatic carbocycles. The molecule has 0 bridgehead atoms. The Bertz CT molecular complexity index is 1960. The fourth-order valence-electron chi connectivity index (χ4n) is 5.80. The van der Waals surface area contributed by atoms with E-state index in [0.717, 1.165) is 46.0 Å². The Labute approximate surface area is 261 Å². The first-order chi connectivity index (χ1) is 21.8. The molecule has 228 valence electrons. The molecule has 1 amide bonds. The normalized spacial score (nSPS) is 14.4. The highest BCUT2D eigenvalue weighted by atomic mass is 32.1. The lowest BCUT2D eigenvalue weighted by atomic mass is 10.1. The third kappa shape index (κ3) is 5.79. The molecule has 10 heteroatoms. The number of piperazine rings is 1. The summed E-state index contributed by atoms with van der Waals surface area (Å²) >= 11 is 1.76. The topological polar surface area (TPSA) is 50.1 Å². The van der Waals surface area contributed by atoms with E-state index in [-0.39, 0.29) is 11.5 Å². The van der Waals surface area contributed by atoms with Gasteiger partial charge in [0.15, 0.2) is 0 Å². The van der Waals surface area contributed by atoms with Gasteiger partial charge in [-0.05, 0) is 78.2 Å². The highest BCUT2D eigenvalue weighted by molar-refractivity contribution is 7.22. The van der Waals surface area contributed by atoms with Crippen LogP contribution in [-0.2, 0) is 12.7 Å². The summed E-state index contributed by atoms with van der Waals surface area (Å²) in [5, 5.41) is 1.21. The zero-order valence-corrected chi connectivity index (χ0v) is 25.2. The molecule has 0 saturated carbocycles. The second-order valence-electron chi connectivity index (χ2n) is 11.1. The highest BCUT2D eigenvalue weighted by Crippen LogP contribution is 2.35. The minimum atomic E-state index is -4.44. The minimum absolute atomic E-state index is 0.258. The molecule has 4 heterocycles. The summed E-state index contributed by atoms with van der Waals surface area (Å²) in [6.45, 7) is 2.80. The van der Waals surface area contributed by atoms with Crippen LogP contribution in [0, 0.1) is 0 Å². The Hall–Kier alpha value is -4.67. The van der Waals surface area contributed by atoms with Gasteiger partial charge in [0.05, 0.1) is 24.1 Å². The summed E-state index contributed by atoms with van der Waals surface area (Å²) in [7, 11) is 1.64. The monoisotopic (exact) mass is 626 g/mol. The Morgan fingerprint density at radius 1 is 0.889 bits per heavy atom. The number of ether oxygens (including phenoxy) is 1. The van der Waals surface area contributed by atoms with Crippen LogP contribution in [0.5, 0.6) is 5.75 Å². The smallest absolute Gasteiger partial charge is 0.416 e. The number of rotatable bonds is 6. The third-order valence-electron chi connectivity index (χ3n) is 8.28. The Morgan fingerprint density at radius 2 is 1.60 bits per heavy atom. The molecule has 3 aromatic carbocycles. The molecule has 6 nitrogen and oxygen atoms in total. The number of fused-ring (bicyclic) bond motifs is 2. The number of hydrogen-bond donors (Lipinski definition) is 0. The van der Waals surface area contributed by atoms with Crippen molar-refractivity contribution >= 4 is 33.0 Å². The molecule has 0 spiro atoms. The van der Waals surface area contributed by atoms with Crippen molar-refractivity contribution in [2.24, 2.45) is 0 Å². The number of aromatic nitrogens is 2. The number of benzene rings is 3. The van der Waals surface area contributed by atoms with E-state index in [0.29, 0.717) is 32.7 Å². The lowest BCUT2D eigenvalue weighted by molar-refractivity contribution is -0.137. The van der Waals surface area contributed by atoms with Crippen LogP contribution in [-0.4, -0.2) is 58.4 Å². The number of nitrogens with zero attached hydrogens (tertiary/aromatic N) is 4. The largest absolute Gasteiger partial charge is 0.497 e. The van der Waals surface area contributed by atoms with Crippen molar-refractivity contribution in [3.8, 4) is 27.4 Å². The summed E-state index contributed by atoms with van der Waals surface area (Å²) in [6.07, 6.45) is -2.28. The summed E-state index contributed by atoms with van der Waals surface area (Å²) in [6, 6.07) is 27.1. The average molecular weight is 627 g/mol. The van der Waals surface area contributed by atoms with Gasteiger partial charge >= 0.3 is 6.18 Å². The van der Waals surface area contributed by atoms with Crippen molar-refractivity contribution in [1.82, 2.24) is 19.2 Å². The van der Waals surface area contributed by atoms with Gasteiger partial charge in [-0.2, -0.15) is 13.2 Å². The number of thiophene rings is 1. The Morgan fingerprint density at radius 3 is 2.29 bits per heavy atom. The van der Waals surface area contributed by atoms with Gasteiger partial charge in [0, 0.05) is 65.2 Å². The maximum absolute atomic E-state index is 13.1. The van der Waals surface area contributed by atoms with Gasteiger partial charge in [-0.3, -0.25) is 9.69 Å². The van der Waals surface area contributed by atoms with E-state index in [4.69, 9.17) is 9.72 Å². The van der Waals surface area contributed by atoms with E-state index in [2.05, 4.69) is 51.9 Å². The molecule has 0 radical (unpaired) electrons. The molecule has 0 atom stereocenters. The molecule has 1 saturated heterocycles. The van der Waals surface area contributed by atoms with Crippen LogP contribution in [0.4, 0.5) is 13.2 Å². The number of hydrogen-bond acceptors (Lipinski definition) is 5. The summed E-state index contributed by atoms with van der Waals surface area (Å²) < 4.78 is 47.7. The van der Waals surface area contributed by atoms with Crippen LogP contribution < -0.4 is 4.74 Å². The first kappa shape index (κ1) is 29.1.